The third-order valence-corrected chi connectivity index (χ3v) is 3.63. The second-order valence-corrected chi connectivity index (χ2v) is 6.15. The molecule has 21 heavy (non-hydrogen) atoms. The number of hydrogen-bond acceptors (Lipinski definition) is 6. The van der Waals surface area contributed by atoms with Crippen molar-refractivity contribution in [1.29, 1.82) is 0 Å². The topological polar surface area (TPSA) is 118 Å². The summed E-state index contributed by atoms with van der Waals surface area (Å²) in [5.74, 6) is 0.988. The van der Waals surface area contributed by atoms with Gasteiger partial charge in [-0.05, 0) is 12.1 Å². The quantitative estimate of drug-likeness (QED) is 0.462. The van der Waals surface area contributed by atoms with Gasteiger partial charge < -0.3 is 10.0 Å². The third kappa shape index (κ3) is 4.19. The van der Waals surface area contributed by atoms with Crippen molar-refractivity contribution in [2.75, 3.05) is 24.2 Å². The predicted molar refractivity (Wildman–Crippen MR) is 74.9 cm³/mol. The number of carboxylic acids is 1. The summed E-state index contributed by atoms with van der Waals surface area (Å²) in [7, 11) is -3.62. The van der Waals surface area contributed by atoms with Gasteiger partial charge >= 0.3 is 5.97 Å². The molecular formula is C12H12N2O6S. The normalized spacial score (nSPS) is 10.7. The Morgan fingerprint density at radius 3 is 2.57 bits per heavy atom. The van der Waals surface area contributed by atoms with Crippen LogP contribution in [0.4, 0.5) is 11.4 Å². The molecule has 1 aromatic carbocycles. The number of sulfone groups is 1. The zero-order valence-corrected chi connectivity index (χ0v) is 11.8. The van der Waals surface area contributed by atoms with Crippen LogP contribution in [0, 0.1) is 22.5 Å². The summed E-state index contributed by atoms with van der Waals surface area (Å²) in [4.78, 5) is 22.0. The van der Waals surface area contributed by atoms with E-state index in [4.69, 9.17) is 11.5 Å². The maximum Gasteiger partial charge on any atom is 0.323 e. The minimum atomic E-state index is -3.62. The highest BCUT2D eigenvalue weighted by molar-refractivity contribution is 7.90. The van der Waals surface area contributed by atoms with Gasteiger partial charge in [-0.3, -0.25) is 14.9 Å². The van der Waals surface area contributed by atoms with Crippen molar-refractivity contribution in [2.24, 2.45) is 0 Å². The molecule has 0 aromatic heterocycles. The molecule has 0 amide bonds. The van der Waals surface area contributed by atoms with Crippen molar-refractivity contribution < 1.29 is 23.2 Å². The van der Waals surface area contributed by atoms with Gasteiger partial charge in [-0.25, -0.2) is 8.42 Å². The average molecular weight is 312 g/mol. The zero-order valence-electron chi connectivity index (χ0n) is 11.0. The standard InChI is InChI=1S/C12H12N2O6S/c1-3-6-13(8-12(15)16)10-5-4-9(21(2,19)20)7-11(10)14(17)18/h1,4-5,7H,6,8H2,2H3,(H,15,16). The molecule has 1 N–H and O–H groups in total. The van der Waals surface area contributed by atoms with E-state index < -0.39 is 33.0 Å². The number of aliphatic carboxylic acids is 1. The Labute approximate surface area is 121 Å². The number of terminal acetylenes is 1. The van der Waals surface area contributed by atoms with E-state index in [9.17, 15) is 23.3 Å². The maximum atomic E-state index is 11.4. The summed E-state index contributed by atoms with van der Waals surface area (Å²) in [6, 6.07) is 3.23. The smallest absolute Gasteiger partial charge is 0.323 e. The first kappa shape index (κ1) is 16.5. The van der Waals surface area contributed by atoms with E-state index in [1.807, 2.05) is 0 Å². The van der Waals surface area contributed by atoms with Gasteiger partial charge in [-0.2, -0.15) is 0 Å². The molecule has 8 nitrogen and oxygen atoms in total. The number of nitrogens with zero attached hydrogens (tertiary/aromatic N) is 2. The van der Waals surface area contributed by atoms with Gasteiger partial charge in [0.2, 0.25) is 0 Å². The number of anilines is 1. The first-order valence-electron chi connectivity index (χ1n) is 5.55. The van der Waals surface area contributed by atoms with Crippen molar-refractivity contribution in [3.63, 3.8) is 0 Å². The summed E-state index contributed by atoms with van der Waals surface area (Å²) in [6.07, 6.45) is 6.04. The molecule has 0 heterocycles. The summed E-state index contributed by atoms with van der Waals surface area (Å²) >= 11 is 0. The van der Waals surface area contributed by atoms with Gasteiger partial charge in [0.25, 0.3) is 5.69 Å². The van der Waals surface area contributed by atoms with Crippen LogP contribution < -0.4 is 4.90 Å². The summed E-state index contributed by atoms with van der Waals surface area (Å²) in [5, 5.41) is 19.9. The number of rotatable bonds is 6. The molecule has 0 bridgehead atoms. The molecule has 0 atom stereocenters. The molecule has 1 rings (SSSR count). The van der Waals surface area contributed by atoms with Crippen molar-refractivity contribution in [3.8, 4) is 12.3 Å². The van der Waals surface area contributed by atoms with Gasteiger partial charge in [0, 0.05) is 12.3 Å². The van der Waals surface area contributed by atoms with E-state index in [-0.39, 0.29) is 17.1 Å². The van der Waals surface area contributed by atoms with Gasteiger partial charge in [-0.1, -0.05) is 5.92 Å². The SMILES string of the molecule is C#CCN(CC(=O)O)c1ccc(S(C)(=O)=O)cc1[N+](=O)[O-]. The Morgan fingerprint density at radius 2 is 2.14 bits per heavy atom. The van der Waals surface area contributed by atoms with Crippen molar-refractivity contribution in [1.82, 2.24) is 0 Å². The van der Waals surface area contributed by atoms with Crippen LogP contribution in [0.1, 0.15) is 0 Å². The Balaban J connectivity index is 3.44. The fourth-order valence-corrected chi connectivity index (χ4v) is 2.29. The molecule has 0 radical (unpaired) electrons. The highest BCUT2D eigenvalue weighted by Gasteiger charge is 2.23. The fraction of sp³-hybridized carbons (Fsp3) is 0.250. The van der Waals surface area contributed by atoms with Gasteiger partial charge in [0.05, 0.1) is 16.4 Å². The first-order valence-corrected chi connectivity index (χ1v) is 7.44. The summed E-state index contributed by atoms with van der Waals surface area (Å²) in [6.45, 7) is -0.700. The van der Waals surface area contributed by atoms with Crippen LogP contribution in [-0.2, 0) is 14.6 Å². The summed E-state index contributed by atoms with van der Waals surface area (Å²) in [5.41, 5.74) is -0.567. The average Bonchev–Trinajstić information content (AvgIpc) is 2.36. The molecule has 1 aromatic rings. The highest BCUT2D eigenvalue weighted by Crippen LogP contribution is 2.30. The molecule has 112 valence electrons. The molecule has 0 aliphatic carbocycles. The largest absolute Gasteiger partial charge is 0.480 e. The Bertz CT molecular complexity index is 720. The van der Waals surface area contributed by atoms with E-state index in [1.165, 1.54) is 12.1 Å². The Morgan fingerprint density at radius 1 is 1.52 bits per heavy atom. The Hall–Kier alpha value is -2.60. The van der Waals surface area contributed by atoms with E-state index in [1.54, 1.807) is 0 Å². The van der Waals surface area contributed by atoms with Crippen LogP contribution in [0.15, 0.2) is 23.1 Å². The lowest BCUT2D eigenvalue weighted by Crippen LogP contribution is -2.30. The number of carbonyl (C=O) groups is 1. The first-order chi connectivity index (χ1) is 9.66. The molecule has 0 spiro atoms. The van der Waals surface area contributed by atoms with Crippen LogP contribution in [0.3, 0.4) is 0 Å². The number of nitro benzene ring substituents is 1. The molecule has 0 saturated heterocycles. The van der Waals surface area contributed by atoms with Gasteiger partial charge in [0.1, 0.15) is 12.2 Å². The maximum absolute atomic E-state index is 11.4. The van der Waals surface area contributed by atoms with Gasteiger partial charge in [0.15, 0.2) is 9.84 Å². The minimum Gasteiger partial charge on any atom is -0.480 e. The third-order valence-electron chi connectivity index (χ3n) is 2.52. The van der Waals surface area contributed by atoms with E-state index in [0.29, 0.717) is 0 Å². The summed E-state index contributed by atoms with van der Waals surface area (Å²) < 4.78 is 22.9. The lowest BCUT2D eigenvalue weighted by molar-refractivity contribution is -0.384. The van der Waals surface area contributed by atoms with Gasteiger partial charge in [-0.15, -0.1) is 6.42 Å². The molecular weight excluding hydrogens is 300 g/mol. The van der Waals surface area contributed by atoms with Crippen LogP contribution in [0.25, 0.3) is 0 Å². The number of nitro groups is 1. The Kier molecular flexibility index (Phi) is 4.88. The van der Waals surface area contributed by atoms with E-state index >= 15 is 0 Å². The molecule has 0 aliphatic heterocycles. The van der Waals surface area contributed by atoms with Crippen LogP contribution in [-0.4, -0.2) is 43.8 Å². The van der Waals surface area contributed by atoms with Crippen molar-refractivity contribution >= 4 is 27.2 Å². The second kappa shape index (κ2) is 6.23. The highest BCUT2D eigenvalue weighted by atomic mass is 32.2. The lowest BCUT2D eigenvalue weighted by atomic mass is 10.2. The minimum absolute atomic E-state index is 0.0484. The predicted octanol–water partition coefficient (Wildman–Crippen LogP) is 0.523. The molecule has 9 heteroatoms. The van der Waals surface area contributed by atoms with Crippen molar-refractivity contribution in [2.45, 2.75) is 4.90 Å². The number of benzene rings is 1. The van der Waals surface area contributed by atoms with Crippen LogP contribution in [0.2, 0.25) is 0 Å². The molecule has 0 saturated carbocycles. The zero-order chi connectivity index (χ0) is 16.2. The number of carboxylic acid groups (broad SMARTS) is 1. The molecule has 0 aliphatic rings. The van der Waals surface area contributed by atoms with Crippen LogP contribution in [0.5, 0.6) is 0 Å². The fourth-order valence-electron chi connectivity index (χ4n) is 1.65. The molecule has 0 unspecified atom stereocenters. The molecule has 0 fully saturated rings. The second-order valence-electron chi connectivity index (χ2n) is 4.13. The van der Waals surface area contributed by atoms with Crippen LogP contribution >= 0.6 is 0 Å². The van der Waals surface area contributed by atoms with Crippen molar-refractivity contribution in [3.05, 3.63) is 28.3 Å². The van der Waals surface area contributed by atoms with E-state index in [0.717, 1.165) is 17.2 Å². The monoisotopic (exact) mass is 312 g/mol. The lowest BCUT2D eigenvalue weighted by Gasteiger charge is -2.20. The van der Waals surface area contributed by atoms with E-state index in [2.05, 4.69) is 5.92 Å². The number of hydrogen-bond donors (Lipinski definition) is 1.